The lowest BCUT2D eigenvalue weighted by Gasteiger charge is -2.12. The Labute approximate surface area is 128 Å². The molecule has 108 valence electrons. The Morgan fingerprint density at radius 3 is 2.85 bits per heavy atom. The lowest BCUT2D eigenvalue weighted by molar-refractivity contribution is -0.122. The van der Waals surface area contributed by atoms with Crippen LogP contribution in [-0.2, 0) is 11.3 Å². The summed E-state index contributed by atoms with van der Waals surface area (Å²) in [6.07, 6.45) is 5.32. The summed E-state index contributed by atoms with van der Waals surface area (Å²) in [6, 6.07) is 0. The largest absolute Gasteiger partial charge is 0.328 e. The number of carbonyl (C=O) groups is 1. The zero-order chi connectivity index (χ0) is 14.7. The summed E-state index contributed by atoms with van der Waals surface area (Å²) < 4.78 is 1.72. The number of hydrogen-bond donors (Lipinski definition) is 1. The first-order valence-corrected chi connectivity index (χ1v) is 7.43. The van der Waals surface area contributed by atoms with Crippen LogP contribution in [0.3, 0.4) is 0 Å². The van der Waals surface area contributed by atoms with Crippen molar-refractivity contribution in [2.24, 2.45) is 0 Å². The van der Waals surface area contributed by atoms with E-state index in [0.717, 1.165) is 19.4 Å². The summed E-state index contributed by atoms with van der Waals surface area (Å²) in [5, 5.41) is 8.18. The van der Waals surface area contributed by atoms with Gasteiger partial charge in [0.2, 0.25) is 0 Å². The number of carbonyl (C=O) groups excluding carboxylic acids is 1. The summed E-state index contributed by atoms with van der Waals surface area (Å²) >= 11 is 11.3. The van der Waals surface area contributed by atoms with Gasteiger partial charge in [-0.1, -0.05) is 24.9 Å². The van der Waals surface area contributed by atoms with Crippen LogP contribution in [0.5, 0.6) is 0 Å². The monoisotopic (exact) mass is 312 g/mol. The summed E-state index contributed by atoms with van der Waals surface area (Å²) in [6.45, 7) is 5.41. The van der Waals surface area contributed by atoms with E-state index in [4.69, 9.17) is 23.8 Å². The summed E-state index contributed by atoms with van der Waals surface area (Å²) in [5.74, 6) is -0.120. The number of thiocarbonyl (C=S) groups is 1. The van der Waals surface area contributed by atoms with E-state index < -0.39 is 0 Å². The minimum Gasteiger partial charge on any atom is -0.328 e. The first kappa shape index (κ1) is 15.0. The van der Waals surface area contributed by atoms with Gasteiger partial charge in [0, 0.05) is 19.3 Å². The van der Waals surface area contributed by atoms with E-state index in [1.807, 2.05) is 6.92 Å². The fourth-order valence-corrected chi connectivity index (χ4v) is 2.39. The number of nitrogens with one attached hydrogen (secondary N) is 1. The number of hydrogen-bond acceptors (Lipinski definition) is 3. The molecule has 1 fully saturated rings. The third kappa shape index (κ3) is 3.02. The predicted octanol–water partition coefficient (Wildman–Crippen LogP) is 2.41. The van der Waals surface area contributed by atoms with Crippen LogP contribution >= 0.6 is 23.8 Å². The number of aromatic nitrogens is 2. The smallest absolute Gasteiger partial charge is 0.276 e. The maximum Gasteiger partial charge on any atom is 0.276 e. The molecule has 0 aromatic carbocycles. The normalized spacial score (nSPS) is 17.1. The molecule has 0 radical (unpaired) electrons. The number of nitrogens with zero attached hydrogens (tertiary/aromatic N) is 3. The molecule has 0 aliphatic carbocycles. The molecule has 5 nitrogen and oxygen atoms in total. The summed E-state index contributed by atoms with van der Waals surface area (Å²) in [4.78, 5) is 13.8. The molecule has 0 spiro atoms. The molecule has 0 unspecified atom stereocenters. The van der Waals surface area contributed by atoms with Gasteiger partial charge in [-0.15, -0.1) is 0 Å². The number of unbranched alkanes of at least 4 members (excludes halogenated alkanes) is 1. The van der Waals surface area contributed by atoms with E-state index in [1.165, 1.54) is 0 Å². The molecule has 1 saturated heterocycles. The van der Waals surface area contributed by atoms with Crippen LogP contribution in [0.15, 0.2) is 11.9 Å². The van der Waals surface area contributed by atoms with E-state index in [-0.39, 0.29) is 5.91 Å². The van der Waals surface area contributed by atoms with Crippen molar-refractivity contribution in [1.29, 1.82) is 0 Å². The minimum absolute atomic E-state index is 0.120. The average Bonchev–Trinajstić information content (AvgIpc) is 2.90. The Hall–Kier alpha value is -1.40. The van der Waals surface area contributed by atoms with E-state index in [0.29, 0.717) is 28.1 Å². The molecule has 0 atom stereocenters. The molecule has 2 heterocycles. The van der Waals surface area contributed by atoms with Gasteiger partial charge in [0.1, 0.15) is 11.4 Å². The van der Waals surface area contributed by atoms with Crippen molar-refractivity contribution >= 4 is 40.9 Å². The quantitative estimate of drug-likeness (QED) is 0.670. The Kier molecular flexibility index (Phi) is 4.77. The van der Waals surface area contributed by atoms with Crippen LogP contribution in [0.25, 0.3) is 6.08 Å². The van der Waals surface area contributed by atoms with Crippen molar-refractivity contribution in [3.05, 3.63) is 22.6 Å². The molecule has 2 rings (SSSR count). The summed E-state index contributed by atoms with van der Waals surface area (Å²) in [5.41, 5.74) is 0.999. The molecule has 1 aliphatic rings. The van der Waals surface area contributed by atoms with Gasteiger partial charge in [-0.3, -0.25) is 14.4 Å². The highest BCUT2D eigenvalue weighted by atomic mass is 35.5. The lowest BCUT2D eigenvalue weighted by Crippen LogP contribution is -2.31. The maximum absolute atomic E-state index is 12.2. The van der Waals surface area contributed by atoms with E-state index in [9.17, 15) is 4.79 Å². The number of halogens is 1. The van der Waals surface area contributed by atoms with Crippen molar-refractivity contribution in [2.45, 2.75) is 33.2 Å². The van der Waals surface area contributed by atoms with Gasteiger partial charge in [0.15, 0.2) is 5.11 Å². The van der Waals surface area contributed by atoms with Gasteiger partial charge < -0.3 is 5.32 Å². The third-order valence-electron chi connectivity index (χ3n) is 3.05. The molecule has 1 aromatic rings. The number of amides is 1. The SMILES string of the molecule is CCCCN1C(=O)/C(=C\c2nn(CC)cc2Cl)NC1=S. The second-order valence-electron chi connectivity index (χ2n) is 4.52. The average molecular weight is 313 g/mol. The second-order valence-corrected chi connectivity index (χ2v) is 5.31. The molecule has 1 amide bonds. The molecule has 7 heteroatoms. The minimum atomic E-state index is -0.120. The van der Waals surface area contributed by atoms with E-state index >= 15 is 0 Å². The highest BCUT2D eigenvalue weighted by Crippen LogP contribution is 2.19. The van der Waals surface area contributed by atoms with Crippen LogP contribution in [-0.4, -0.2) is 32.2 Å². The Morgan fingerprint density at radius 1 is 1.50 bits per heavy atom. The third-order valence-corrected chi connectivity index (χ3v) is 3.66. The second kappa shape index (κ2) is 6.37. The van der Waals surface area contributed by atoms with Crippen molar-refractivity contribution < 1.29 is 4.79 Å². The van der Waals surface area contributed by atoms with Gasteiger partial charge in [-0.25, -0.2) is 0 Å². The van der Waals surface area contributed by atoms with Crippen molar-refractivity contribution in [3.8, 4) is 0 Å². The van der Waals surface area contributed by atoms with Crippen LogP contribution < -0.4 is 5.32 Å². The lowest BCUT2D eigenvalue weighted by atomic mass is 10.3. The Bertz CT molecular complexity index is 567. The van der Waals surface area contributed by atoms with Gasteiger partial charge >= 0.3 is 0 Å². The van der Waals surface area contributed by atoms with Crippen molar-refractivity contribution in [2.75, 3.05) is 6.54 Å². The molecule has 1 aliphatic heterocycles. The standard InChI is InChI=1S/C13H17ClN4OS/c1-3-5-6-18-12(19)11(15-13(18)20)7-10-9(14)8-17(4-2)16-10/h7-8H,3-6H2,1-2H3,(H,15,20)/b11-7+. The molecular weight excluding hydrogens is 296 g/mol. The van der Waals surface area contributed by atoms with E-state index in [2.05, 4.69) is 17.3 Å². The number of rotatable bonds is 5. The van der Waals surface area contributed by atoms with E-state index in [1.54, 1.807) is 21.9 Å². The highest BCUT2D eigenvalue weighted by molar-refractivity contribution is 7.80. The van der Waals surface area contributed by atoms with Gasteiger partial charge in [-0.2, -0.15) is 5.10 Å². The molecule has 0 bridgehead atoms. The summed E-state index contributed by atoms with van der Waals surface area (Å²) in [7, 11) is 0. The van der Waals surface area contributed by atoms with Crippen LogP contribution in [0.1, 0.15) is 32.4 Å². The Morgan fingerprint density at radius 2 is 2.25 bits per heavy atom. The van der Waals surface area contributed by atoms with Crippen molar-refractivity contribution in [1.82, 2.24) is 20.0 Å². The molecule has 0 saturated carbocycles. The number of aryl methyl sites for hydroxylation is 1. The van der Waals surface area contributed by atoms with Crippen LogP contribution in [0.4, 0.5) is 0 Å². The first-order chi connectivity index (χ1) is 9.56. The molecule has 1 aromatic heterocycles. The first-order valence-electron chi connectivity index (χ1n) is 6.64. The fourth-order valence-electron chi connectivity index (χ4n) is 1.90. The molecular formula is C13H17ClN4OS. The zero-order valence-corrected chi connectivity index (χ0v) is 13.1. The van der Waals surface area contributed by atoms with Gasteiger partial charge in [0.05, 0.1) is 5.02 Å². The topological polar surface area (TPSA) is 50.2 Å². The van der Waals surface area contributed by atoms with Gasteiger partial charge in [0.25, 0.3) is 5.91 Å². The van der Waals surface area contributed by atoms with Crippen LogP contribution in [0.2, 0.25) is 5.02 Å². The zero-order valence-electron chi connectivity index (χ0n) is 11.5. The highest BCUT2D eigenvalue weighted by Gasteiger charge is 2.30. The van der Waals surface area contributed by atoms with Crippen molar-refractivity contribution in [3.63, 3.8) is 0 Å². The van der Waals surface area contributed by atoms with Crippen LogP contribution in [0, 0.1) is 0 Å². The fraction of sp³-hybridized carbons (Fsp3) is 0.462. The van der Waals surface area contributed by atoms with Gasteiger partial charge in [-0.05, 0) is 31.6 Å². The maximum atomic E-state index is 12.2. The molecule has 20 heavy (non-hydrogen) atoms. The Balaban J connectivity index is 2.20. The molecule has 1 N–H and O–H groups in total. The predicted molar refractivity (Wildman–Crippen MR) is 83.2 cm³/mol.